The van der Waals surface area contributed by atoms with E-state index in [-0.39, 0.29) is 0 Å². The van der Waals surface area contributed by atoms with Crippen molar-refractivity contribution >= 4 is 29.6 Å². The second-order valence-corrected chi connectivity index (χ2v) is 5.58. The molecule has 1 fully saturated rings. The SMILES string of the molecule is CN1C(=O)OC2(CCN(C(=O)O)CC2)c2ccc(Cl)nc21. The van der Waals surface area contributed by atoms with Gasteiger partial charge < -0.3 is 14.7 Å². The van der Waals surface area contributed by atoms with Gasteiger partial charge in [0.15, 0.2) is 0 Å². The monoisotopic (exact) mass is 311 g/mol. The zero-order valence-electron chi connectivity index (χ0n) is 11.4. The van der Waals surface area contributed by atoms with Crippen molar-refractivity contribution in [3.8, 4) is 0 Å². The molecule has 0 saturated carbocycles. The first-order valence-electron chi connectivity index (χ1n) is 6.54. The predicted molar refractivity (Wildman–Crippen MR) is 74.6 cm³/mol. The number of carboxylic acid groups (broad SMARTS) is 1. The molecule has 0 radical (unpaired) electrons. The van der Waals surface area contributed by atoms with Gasteiger partial charge in [0, 0.05) is 38.5 Å². The summed E-state index contributed by atoms with van der Waals surface area (Å²) in [6.07, 6.45) is -0.635. The number of anilines is 1. The third-order valence-corrected chi connectivity index (χ3v) is 4.26. The molecular formula is C13H14ClN3O4. The Labute approximate surface area is 126 Å². The molecule has 0 aromatic carbocycles. The van der Waals surface area contributed by atoms with Crippen molar-refractivity contribution in [2.24, 2.45) is 0 Å². The average Bonchev–Trinajstić information content (AvgIpc) is 2.45. The Balaban J connectivity index is 2.00. The largest absolute Gasteiger partial charge is 0.465 e. The molecule has 112 valence electrons. The van der Waals surface area contributed by atoms with Crippen molar-refractivity contribution in [2.75, 3.05) is 25.0 Å². The van der Waals surface area contributed by atoms with Gasteiger partial charge in [-0.25, -0.2) is 14.6 Å². The van der Waals surface area contributed by atoms with Gasteiger partial charge in [-0.15, -0.1) is 0 Å². The van der Waals surface area contributed by atoms with E-state index >= 15 is 0 Å². The van der Waals surface area contributed by atoms with Gasteiger partial charge in [-0.1, -0.05) is 11.6 Å². The highest BCUT2D eigenvalue weighted by Crippen LogP contribution is 2.44. The van der Waals surface area contributed by atoms with Crippen molar-refractivity contribution in [1.29, 1.82) is 0 Å². The number of halogens is 1. The molecule has 21 heavy (non-hydrogen) atoms. The number of hydrogen-bond acceptors (Lipinski definition) is 4. The normalized spacial score (nSPS) is 20.2. The summed E-state index contributed by atoms with van der Waals surface area (Å²) in [5.74, 6) is 0.475. The minimum Gasteiger partial charge on any atom is -0.465 e. The van der Waals surface area contributed by atoms with Crippen molar-refractivity contribution in [1.82, 2.24) is 9.88 Å². The van der Waals surface area contributed by atoms with E-state index in [9.17, 15) is 9.59 Å². The molecule has 8 heteroatoms. The number of carbonyl (C=O) groups is 2. The minimum atomic E-state index is -0.960. The van der Waals surface area contributed by atoms with Gasteiger partial charge in [0.25, 0.3) is 0 Å². The Bertz CT molecular complexity index is 613. The molecule has 0 bridgehead atoms. The van der Waals surface area contributed by atoms with Crippen LogP contribution in [0.25, 0.3) is 0 Å². The van der Waals surface area contributed by atoms with Crippen LogP contribution in [0.4, 0.5) is 15.4 Å². The van der Waals surface area contributed by atoms with Crippen molar-refractivity contribution in [3.05, 3.63) is 22.8 Å². The van der Waals surface area contributed by atoms with E-state index in [2.05, 4.69) is 4.98 Å². The number of ether oxygens (including phenoxy) is 1. The summed E-state index contributed by atoms with van der Waals surface area (Å²) in [5.41, 5.74) is -0.0401. The number of aromatic nitrogens is 1. The smallest absolute Gasteiger partial charge is 0.416 e. The lowest BCUT2D eigenvalue weighted by atomic mass is 9.83. The number of carbonyl (C=O) groups excluding carboxylic acids is 1. The zero-order valence-corrected chi connectivity index (χ0v) is 12.1. The number of piperidine rings is 1. The number of hydrogen-bond donors (Lipinski definition) is 1. The molecule has 3 rings (SSSR count). The van der Waals surface area contributed by atoms with Crippen LogP contribution in [0.5, 0.6) is 0 Å². The van der Waals surface area contributed by atoms with Crippen molar-refractivity contribution in [2.45, 2.75) is 18.4 Å². The van der Waals surface area contributed by atoms with Crippen LogP contribution >= 0.6 is 11.6 Å². The number of pyridine rings is 1. The van der Waals surface area contributed by atoms with Gasteiger partial charge in [-0.3, -0.25) is 4.90 Å². The number of nitrogens with zero attached hydrogens (tertiary/aromatic N) is 3. The Kier molecular flexibility index (Phi) is 3.16. The van der Waals surface area contributed by atoms with Crippen LogP contribution in [-0.4, -0.2) is 47.3 Å². The summed E-state index contributed by atoms with van der Waals surface area (Å²) in [5, 5.41) is 9.33. The van der Waals surface area contributed by atoms with Gasteiger partial charge in [-0.05, 0) is 12.1 Å². The molecule has 7 nitrogen and oxygen atoms in total. The predicted octanol–water partition coefficient (Wildman–Crippen LogP) is 2.29. The zero-order chi connectivity index (χ0) is 15.2. The summed E-state index contributed by atoms with van der Waals surface area (Å²) < 4.78 is 5.61. The lowest BCUT2D eigenvalue weighted by Gasteiger charge is -2.44. The van der Waals surface area contributed by atoms with Crippen molar-refractivity contribution in [3.63, 3.8) is 0 Å². The average molecular weight is 312 g/mol. The van der Waals surface area contributed by atoms with E-state index in [0.29, 0.717) is 36.9 Å². The van der Waals surface area contributed by atoms with Crippen LogP contribution in [0.3, 0.4) is 0 Å². The molecule has 0 aliphatic carbocycles. The van der Waals surface area contributed by atoms with Crippen LogP contribution in [0.15, 0.2) is 12.1 Å². The number of rotatable bonds is 0. The summed E-state index contributed by atoms with van der Waals surface area (Å²) in [6, 6.07) is 3.45. The van der Waals surface area contributed by atoms with Gasteiger partial charge in [0.2, 0.25) is 0 Å². The van der Waals surface area contributed by atoms with Crippen LogP contribution in [0.2, 0.25) is 5.15 Å². The molecule has 2 amide bonds. The fourth-order valence-corrected chi connectivity index (χ4v) is 2.99. The first kappa shape index (κ1) is 13.9. The minimum absolute atomic E-state index is 0.299. The molecule has 2 aliphatic rings. The molecule has 1 spiro atoms. The van der Waals surface area contributed by atoms with Gasteiger partial charge in [0.1, 0.15) is 16.6 Å². The first-order valence-corrected chi connectivity index (χ1v) is 6.92. The maximum absolute atomic E-state index is 12.0. The van der Waals surface area contributed by atoms with Crippen LogP contribution in [-0.2, 0) is 10.3 Å². The molecule has 1 aromatic heterocycles. The van der Waals surface area contributed by atoms with E-state index < -0.39 is 17.8 Å². The number of likely N-dealkylation sites (tertiary alicyclic amines) is 1. The van der Waals surface area contributed by atoms with E-state index in [0.717, 1.165) is 5.56 Å². The molecule has 2 aliphatic heterocycles. The van der Waals surface area contributed by atoms with Crippen LogP contribution in [0, 0.1) is 0 Å². The molecular weight excluding hydrogens is 298 g/mol. The third kappa shape index (κ3) is 2.17. The van der Waals surface area contributed by atoms with Crippen LogP contribution < -0.4 is 4.90 Å². The summed E-state index contributed by atoms with van der Waals surface area (Å²) in [7, 11) is 1.57. The summed E-state index contributed by atoms with van der Waals surface area (Å²) >= 11 is 5.91. The molecule has 1 aromatic rings. The second-order valence-electron chi connectivity index (χ2n) is 5.20. The van der Waals surface area contributed by atoms with Gasteiger partial charge in [0.05, 0.1) is 0 Å². The standard InChI is InChI=1S/C13H14ClN3O4/c1-16-10-8(2-3-9(14)15-10)13(21-12(16)20)4-6-17(7-5-13)11(18)19/h2-3H,4-7H2,1H3,(H,18,19). The van der Waals surface area contributed by atoms with E-state index in [1.54, 1.807) is 19.2 Å². The first-order chi connectivity index (χ1) is 9.93. The maximum atomic E-state index is 12.0. The van der Waals surface area contributed by atoms with E-state index in [4.69, 9.17) is 21.4 Å². The lowest BCUT2D eigenvalue weighted by Crippen LogP contribution is -2.51. The Morgan fingerprint density at radius 1 is 1.43 bits per heavy atom. The highest BCUT2D eigenvalue weighted by Gasteiger charge is 2.47. The van der Waals surface area contributed by atoms with Crippen molar-refractivity contribution < 1.29 is 19.4 Å². The quantitative estimate of drug-likeness (QED) is 0.743. The third-order valence-electron chi connectivity index (χ3n) is 4.05. The molecule has 0 unspecified atom stereocenters. The lowest BCUT2D eigenvalue weighted by molar-refractivity contribution is -0.0377. The fourth-order valence-electron chi connectivity index (χ4n) is 2.84. The highest BCUT2D eigenvalue weighted by atomic mass is 35.5. The Morgan fingerprint density at radius 2 is 2.10 bits per heavy atom. The maximum Gasteiger partial charge on any atom is 0.416 e. The van der Waals surface area contributed by atoms with Gasteiger partial charge >= 0.3 is 12.2 Å². The van der Waals surface area contributed by atoms with E-state index in [1.165, 1.54) is 9.80 Å². The summed E-state index contributed by atoms with van der Waals surface area (Å²) in [4.78, 5) is 29.9. The number of amides is 2. The number of fused-ring (bicyclic) bond motifs is 2. The second kappa shape index (κ2) is 4.77. The fraction of sp³-hybridized carbons (Fsp3) is 0.462. The molecule has 1 N–H and O–H groups in total. The van der Waals surface area contributed by atoms with Gasteiger partial charge in [-0.2, -0.15) is 0 Å². The molecule has 3 heterocycles. The Hall–Kier alpha value is -2.02. The van der Waals surface area contributed by atoms with E-state index in [1.807, 2.05) is 0 Å². The Morgan fingerprint density at radius 3 is 2.71 bits per heavy atom. The summed E-state index contributed by atoms with van der Waals surface area (Å²) in [6.45, 7) is 0.628. The highest BCUT2D eigenvalue weighted by molar-refractivity contribution is 6.29. The molecule has 1 saturated heterocycles. The molecule has 0 atom stereocenters. The van der Waals surface area contributed by atoms with Crippen LogP contribution in [0.1, 0.15) is 18.4 Å². The topological polar surface area (TPSA) is 83.0 Å².